The summed E-state index contributed by atoms with van der Waals surface area (Å²) < 4.78 is 5.36. The summed E-state index contributed by atoms with van der Waals surface area (Å²) >= 11 is 0. The van der Waals surface area contributed by atoms with Crippen molar-refractivity contribution in [2.45, 2.75) is 51.9 Å². The number of alkyl carbamates (subject to hydrolysis) is 1. The Bertz CT molecular complexity index is 951. The number of fused-ring (bicyclic) bond motifs is 1. The first-order valence-corrected chi connectivity index (χ1v) is 12.1. The maximum absolute atomic E-state index is 12.3. The van der Waals surface area contributed by atoms with Crippen LogP contribution in [0.15, 0.2) is 42.5 Å². The van der Waals surface area contributed by atoms with Crippen LogP contribution in [-0.2, 0) is 11.3 Å². The van der Waals surface area contributed by atoms with Gasteiger partial charge in [-0.1, -0.05) is 30.3 Å². The van der Waals surface area contributed by atoms with Gasteiger partial charge in [0.05, 0.1) is 12.1 Å². The third kappa shape index (κ3) is 5.68. The molecule has 2 aliphatic heterocycles. The molecule has 1 N–H and O–H groups in total. The Balaban J connectivity index is 1.52. The van der Waals surface area contributed by atoms with Crippen LogP contribution >= 0.6 is 0 Å². The standard InChI is InChI=1S/C27H38N4O2/c1-19(2)33-27(32)28-25-16-20(3)30(5)26-11-10-23(17-24(25)26)22-8-6-21(7-9-22)18-31-14-12-29(4)13-15-31/h6-11,17,19-20,25H,12-16,18H2,1-5H3,(H,28,32)/t20-,25+/m0/s1. The molecule has 0 radical (unpaired) electrons. The normalized spacial score (nSPS) is 21.7. The van der Waals surface area contributed by atoms with Crippen LogP contribution in [0.5, 0.6) is 0 Å². The molecule has 1 fully saturated rings. The number of hydrogen-bond donors (Lipinski definition) is 1. The van der Waals surface area contributed by atoms with Crippen molar-refractivity contribution in [2.75, 3.05) is 45.2 Å². The molecule has 33 heavy (non-hydrogen) atoms. The number of benzene rings is 2. The van der Waals surface area contributed by atoms with Crippen LogP contribution < -0.4 is 10.2 Å². The number of hydrogen-bond acceptors (Lipinski definition) is 5. The zero-order valence-electron chi connectivity index (χ0n) is 20.7. The predicted molar refractivity (Wildman–Crippen MR) is 135 cm³/mol. The molecule has 6 heteroatoms. The number of rotatable bonds is 5. The second kappa shape index (κ2) is 10.1. The fourth-order valence-electron chi connectivity index (χ4n) is 4.79. The fraction of sp³-hybridized carbons (Fsp3) is 0.519. The first-order chi connectivity index (χ1) is 15.8. The van der Waals surface area contributed by atoms with E-state index in [0.29, 0.717) is 6.04 Å². The summed E-state index contributed by atoms with van der Waals surface area (Å²) in [7, 11) is 4.31. The van der Waals surface area contributed by atoms with Crippen LogP contribution in [0.2, 0.25) is 0 Å². The molecule has 178 valence electrons. The Kier molecular flexibility index (Phi) is 7.25. The smallest absolute Gasteiger partial charge is 0.407 e. The summed E-state index contributed by atoms with van der Waals surface area (Å²) in [4.78, 5) is 19.5. The number of nitrogens with one attached hydrogen (secondary N) is 1. The second-order valence-electron chi connectivity index (χ2n) is 9.90. The van der Waals surface area contributed by atoms with E-state index < -0.39 is 0 Å². The quantitative estimate of drug-likeness (QED) is 0.727. The molecule has 0 aromatic heterocycles. The van der Waals surface area contributed by atoms with E-state index in [2.05, 4.69) is 83.5 Å². The molecule has 0 spiro atoms. The summed E-state index contributed by atoms with van der Waals surface area (Å²) in [5.41, 5.74) is 6.04. The number of piperazine rings is 1. The number of nitrogens with zero attached hydrogens (tertiary/aromatic N) is 3. The Labute approximate surface area is 198 Å². The van der Waals surface area contributed by atoms with Gasteiger partial charge in [0.25, 0.3) is 0 Å². The van der Waals surface area contributed by atoms with E-state index in [9.17, 15) is 4.79 Å². The number of carbonyl (C=O) groups is 1. The van der Waals surface area contributed by atoms with Gasteiger partial charge < -0.3 is 19.9 Å². The van der Waals surface area contributed by atoms with Gasteiger partial charge in [-0.2, -0.15) is 0 Å². The minimum Gasteiger partial charge on any atom is -0.447 e. The molecule has 2 aromatic rings. The minimum absolute atomic E-state index is 0.0612. The molecular weight excluding hydrogens is 412 g/mol. The van der Waals surface area contributed by atoms with E-state index in [1.165, 1.54) is 22.4 Å². The van der Waals surface area contributed by atoms with Crippen LogP contribution in [0, 0.1) is 0 Å². The predicted octanol–water partition coefficient (Wildman–Crippen LogP) is 4.51. The maximum atomic E-state index is 12.3. The average Bonchev–Trinajstić information content (AvgIpc) is 2.78. The molecule has 2 aromatic carbocycles. The number of anilines is 1. The lowest BCUT2D eigenvalue weighted by Gasteiger charge is -2.39. The van der Waals surface area contributed by atoms with Gasteiger partial charge in [0, 0.05) is 51.5 Å². The lowest BCUT2D eigenvalue weighted by molar-refractivity contribution is 0.111. The van der Waals surface area contributed by atoms with Crippen molar-refractivity contribution in [3.8, 4) is 11.1 Å². The zero-order valence-corrected chi connectivity index (χ0v) is 20.7. The van der Waals surface area contributed by atoms with Crippen molar-refractivity contribution in [1.82, 2.24) is 15.1 Å². The highest BCUT2D eigenvalue weighted by molar-refractivity contribution is 5.73. The molecule has 1 saturated heterocycles. The van der Waals surface area contributed by atoms with Crippen LogP contribution in [0.4, 0.5) is 10.5 Å². The molecule has 1 amide bonds. The zero-order chi connectivity index (χ0) is 23.5. The van der Waals surface area contributed by atoms with Gasteiger partial charge in [-0.25, -0.2) is 4.79 Å². The molecule has 4 rings (SSSR count). The van der Waals surface area contributed by atoms with Crippen molar-refractivity contribution in [3.63, 3.8) is 0 Å². The summed E-state index contributed by atoms with van der Waals surface area (Å²) in [6.07, 6.45) is 0.365. The van der Waals surface area contributed by atoms with Gasteiger partial charge in [-0.3, -0.25) is 4.90 Å². The number of carbonyl (C=O) groups excluding carboxylic acids is 1. The van der Waals surface area contributed by atoms with Crippen molar-refractivity contribution in [3.05, 3.63) is 53.6 Å². The monoisotopic (exact) mass is 450 g/mol. The second-order valence-corrected chi connectivity index (χ2v) is 9.90. The van der Waals surface area contributed by atoms with Gasteiger partial charge in [-0.05, 0) is 68.6 Å². The highest BCUT2D eigenvalue weighted by Gasteiger charge is 2.30. The maximum Gasteiger partial charge on any atom is 0.407 e. The molecule has 6 nitrogen and oxygen atoms in total. The fourth-order valence-corrected chi connectivity index (χ4v) is 4.79. The topological polar surface area (TPSA) is 48.1 Å². The summed E-state index contributed by atoms with van der Waals surface area (Å²) in [6.45, 7) is 11.5. The summed E-state index contributed by atoms with van der Waals surface area (Å²) in [5.74, 6) is 0. The van der Waals surface area contributed by atoms with E-state index in [-0.39, 0.29) is 18.2 Å². The van der Waals surface area contributed by atoms with E-state index in [4.69, 9.17) is 4.74 Å². The summed E-state index contributed by atoms with van der Waals surface area (Å²) in [6, 6.07) is 15.8. The van der Waals surface area contributed by atoms with Crippen LogP contribution in [0.25, 0.3) is 11.1 Å². The van der Waals surface area contributed by atoms with Gasteiger partial charge >= 0.3 is 6.09 Å². The third-order valence-corrected chi connectivity index (χ3v) is 6.95. The first kappa shape index (κ1) is 23.6. The molecule has 0 bridgehead atoms. The van der Waals surface area contributed by atoms with Crippen molar-refractivity contribution in [1.29, 1.82) is 0 Å². The highest BCUT2D eigenvalue weighted by Crippen LogP contribution is 2.38. The van der Waals surface area contributed by atoms with Gasteiger partial charge in [0.1, 0.15) is 0 Å². The van der Waals surface area contributed by atoms with Crippen molar-refractivity contribution < 1.29 is 9.53 Å². The number of likely N-dealkylation sites (N-methyl/N-ethyl adjacent to an activating group) is 1. The number of amides is 1. The Morgan fingerprint density at radius 2 is 1.70 bits per heavy atom. The molecule has 2 heterocycles. The van der Waals surface area contributed by atoms with Crippen molar-refractivity contribution >= 4 is 11.8 Å². The minimum atomic E-state index is -0.351. The SMILES string of the molecule is CC(C)OC(=O)N[C@@H]1C[C@H](C)N(C)c2ccc(-c3ccc(CN4CCN(C)CC4)cc3)cc21. The third-order valence-electron chi connectivity index (χ3n) is 6.95. The number of ether oxygens (including phenoxy) is 1. The van der Waals surface area contributed by atoms with E-state index in [1.807, 2.05) is 13.8 Å². The van der Waals surface area contributed by atoms with Crippen LogP contribution in [0.1, 0.15) is 44.4 Å². The lowest BCUT2D eigenvalue weighted by atomic mass is 9.89. The molecular formula is C27H38N4O2. The van der Waals surface area contributed by atoms with E-state index in [0.717, 1.165) is 44.7 Å². The van der Waals surface area contributed by atoms with Crippen molar-refractivity contribution in [2.24, 2.45) is 0 Å². The lowest BCUT2D eigenvalue weighted by Crippen LogP contribution is -2.43. The Morgan fingerprint density at radius 3 is 2.36 bits per heavy atom. The van der Waals surface area contributed by atoms with E-state index >= 15 is 0 Å². The van der Waals surface area contributed by atoms with Gasteiger partial charge in [-0.15, -0.1) is 0 Å². The Hall–Kier alpha value is -2.57. The van der Waals surface area contributed by atoms with Gasteiger partial charge in [0.2, 0.25) is 0 Å². The first-order valence-electron chi connectivity index (χ1n) is 12.1. The van der Waals surface area contributed by atoms with Gasteiger partial charge in [0.15, 0.2) is 0 Å². The largest absolute Gasteiger partial charge is 0.447 e. The van der Waals surface area contributed by atoms with Crippen LogP contribution in [0.3, 0.4) is 0 Å². The molecule has 2 atom stereocenters. The van der Waals surface area contributed by atoms with Crippen LogP contribution in [-0.4, -0.2) is 68.3 Å². The molecule has 2 aliphatic rings. The Morgan fingerprint density at radius 1 is 1.03 bits per heavy atom. The molecule has 0 saturated carbocycles. The molecule has 0 unspecified atom stereocenters. The van der Waals surface area contributed by atoms with E-state index in [1.54, 1.807) is 0 Å². The molecule has 0 aliphatic carbocycles. The highest BCUT2D eigenvalue weighted by atomic mass is 16.6. The summed E-state index contributed by atoms with van der Waals surface area (Å²) in [5, 5.41) is 3.10. The average molecular weight is 451 g/mol.